The average Bonchev–Trinajstić information content (AvgIpc) is 2.28. The second kappa shape index (κ2) is 7.67. The first-order valence-electron chi connectivity index (χ1n) is 5.76. The van der Waals surface area contributed by atoms with E-state index in [9.17, 15) is 5.11 Å². The topological polar surface area (TPSA) is 41.5 Å². The number of aliphatic hydroxyl groups is 1. The van der Waals surface area contributed by atoms with Crippen molar-refractivity contribution in [2.24, 2.45) is 0 Å². The third-order valence-electron chi connectivity index (χ3n) is 2.53. The fraction of sp³-hybridized carbons (Fsp3) is 0.538. The molecule has 1 unspecified atom stereocenters. The lowest BCUT2D eigenvalue weighted by Crippen LogP contribution is -2.30. The molecule has 0 spiro atoms. The number of rotatable bonds is 7. The van der Waals surface area contributed by atoms with E-state index in [1.807, 2.05) is 25.1 Å². The predicted molar refractivity (Wildman–Crippen MR) is 70.6 cm³/mol. The van der Waals surface area contributed by atoms with Crippen LogP contribution in [0.2, 0.25) is 5.02 Å². The van der Waals surface area contributed by atoms with Gasteiger partial charge in [-0.3, -0.25) is 0 Å². The first-order valence-corrected chi connectivity index (χ1v) is 6.14. The van der Waals surface area contributed by atoms with Crippen molar-refractivity contribution in [2.45, 2.75) is 19.4 Å². The van der Waals surface area contributed by atoms with Crippen molar-refractivity contribution in [3.8, 4) is 0 Å². The van der Waals surface area contributed by atoms with E-state index in [1.165, 1.54) is 0 Å². The van der Waals surface area contributed by atoms with Gasteiger partial charge < -0.3 is 15.2 Å². The summed E-state index contributed by atoms with van der Waals surface area (Å²) in [5, 5.41) is 13.7. The molecule has 0 radical (unpaired) electrons. The minimum Gasteiger partial charge on any atom is -0.391 e. The lowest BCUT2D eigenvalue weighted by molar-refractivity contribution is 0.160. The van der Waals surface area contributed by atoms with Crippen molar-refractivity contribution in [1.29, 1.82) is 0 Å². The van der Waals surface area contributed by atoms with Crippen LogP contribution in [0.1, 0.15) is 11.1 Å². The maximum Gasteiger partial charge on any atom is 0.0705 e. The molecule has 1 aromatic rings. The van der Waals surface area contributed by atoms with Crippen LogP contribution in [0.3, 0.4) is 0 Å². The monoisotopic (exact) mass is 257 g/mol. The van der Waals surface area contributed by atoms with Gasteiger partial charge in [-0.1, -0.05) is 23.7 Å². The van der Waals surface area contributed by atoms with Crippen molar-refractivity contribution in [3.05, 3.63) is 34.3 Å². The van der Waals surface area contributed by atoms with E-state index in [1.54, 1.807) is 7.11 Å². The Morgan fingerprint density at radius 3 is 2.88 bits per heavy atom. The molecule has 0 aliphatic heterocycles. The van der Waals surface area contributed by atoms with Gasteiger partial charge in [0, 0.05) is 31.6 Å². The van der Waals surface area contributed by atoms with E-state index >= 15 is 0 Å². The number of hydrogen-bond acceptors (Lipinski definition) is 3. The van der Waals surface area contributed by atoms with Gasteiger partial charge in [-0.05, 0) is 24.1 Å². The summed E-state index contributed by atoms with van der Waals surface area (Å²) < 4.78 is 4.91. The summed E-state index contributed by atoms with van der Waals surface area (Å²) in [7, 11) is 1.66. The zero-order valence-electron chi connectivity index (χ0n) is 10.4. The van der Waals surface area contributed by atoms with Gasteiger partial charge in [0.1, 0.15) is 0 Å². The highest BCUT2D eigenvalue weighted by atomic mass is 35.5. The van der Waals surface area contributed by atoms with Crippen LogP contribution in [0.5, 0.6) is 0 Å². The third-order valence-corrected chi connectivity index (χ3v) is 2.88. The third kappa shape index (κ3) is 5.50. The van der Waals surface area contributed by atoms with Gasteiger partial charge in [0.25, 0.3) is 0 Å². The molecule has 4 heteroatoms. The van der Waals surface area contributed by atoms with E-state index in [2.05, 4.69) is 5.32 Å². The number of benzene rings is 1. The van der Waals surface area contributed by atoms with Gasteiger partial charge in [-0.2, -0.15) is 0 Å². The Bertz CT molecular complexity index is 344. The molecule has 2 N–H and O–H groups in total. The van der Waals surface area contributed by atoms with Crippen LogP contribution in [-0.2, 0) is 11.2 Å². The van der Waals surface area contributed by atoms with Crippen molar-refractivity contribution >= 4 is 11.6 Å². The summed E-state index contributed by atoms with van der Waals surface area (Å²) in [5.41, 5.74) is 2.12. The average molecular weight is 258 g/mol. The van der Waals surface area contributed by atoms with Crippen LogP contribution in [-0.4, -0.2) is 38.0 Å². The van der Waals surface area contributed by atoms with Crippen molar-refractivity contribution in [2.75, 3.05) is 26.8 Å². The highest BCUT2D eigenvalue weighted by molar-refractivity contribution is 6.31. The molecule has 1 aromatic carbocycles. The lowest BCUT2D eigenvalue weighted by atomic mass is 10.1. The molecule has 0 aliphatic rings. The van der Waals surface area contributed by atoms with E-state index in [4.69, 9.17) is 16.3 Å². The number of aryl methyl sites for hydroxylation is 1. The van der Waals surface area contributed by atoms with Crippen LogP contribution in [0.4, 0.5) is 0 Å². The second-order valence-corrected chi connectivity index (χ2v) is 4.56. The molecular formula is C13H20ClNO2. The molecule has 0 heterocycles. The molecule has 96 valence electrons. The Labute approximate surface area is 108 Å². The Balaban J connectivity index is 2.37. The van der Waals surface area contributed by atoms with Crippen molar-refractivity contribution in [3.63, 3.8) is 0 Å². The number of methoxy groups -OCH3 is 1. The van der Waals surface area contributed by atoms with Gasteiger partial charge in [0.05, 0.1) is 12.7 Å². The highest BCUT2D eigenvalue weighted by Gasteiger charge is 2.08. The predicted octanol–water partition coefficient (Wildman–Crippen LogP) is 1.79. The molecule has 0 saturated heterocycles. The summed E-state index contributed by atoms with van der Waals surface area (Å²) in [6, 6.07) is 5.89. The number of aliphatic hydroxyl groups excluding tert-OH is 1. The Morgan fingerprint density at radius 2 is 2.24 bits per heavy atom. The van der Waals surface area contributed by atoms with Crippen LogP contribution in [0.25, 0.3) is 0 Å². The fourth-order valence-corrected chi connectivity index (χ4v) is 1.90. The van der Waals surface area contributed by atoms with Gasteiger partial charge in [-0.25, -0.2) is 0 Å². The summed E-state index contributed by atoms with van der Waals surface area (Å²) in [5.74, 6) is 0. The minimum absolute atomic E-state index is 0.424. The Hall–Kier alpha value is -0.610. The number of nitrogens with one attached hydrogen (secondary N) is 1. The van der Waals surface area contributed by atoms with Gasteiger partial charge in [0.15, 0.2) is 0 Å². The molecule has 0 bridgehead atoms. The lowest BCUT2D eigenvalue weighted by Gasteiger charge is -2.13. The zero-order chi connectivity index (χ0) is 12.7. The molecule has 1 rings (SSSR count). The summed E-state index contributed by atoms with van der Waals surface area (Å²) in [6.07, 6.45) is 0.145. The number of halogens is 1. The van der Waals surface area contributed by atoms with E-state index in [0.29, 0.717) is 19.6 Å². The van der Waals surface area contributed by atoms with Crippen LogP contribution in [0.15, 0.2) is 18.2 Å². The smallest absolute Gasteiger partial charge is 0.0705 e. The quantitative estimate of drug-likeness (QED) is 0.732. The largest absolute Gasteiger partial charge is 0.391 e. The Kier molecular flexibility index (Phi) is 6.52. The van der Waals surface area contributed by atoms with Crippen LogP contribution in [0, 0.1) is 6.92 Å². The SMILES string of the molecule is COCCNCC(O)Cc1ccc(C)cc1Cl. The molecule has 3 nitrogen and oxygen atoms in total. The highest BCUT2D eigenvalue weighted by Crippen LogP contribution is 2.18. The molecule has 17 heavy (non-hydrogen) atoms. The van der Waals surface area contributed by atoms with E-state index in [0.717, 1.165) is 22.7 Å². The molecule has 0 aliphatic carbocycles. The molecule has 0 amide bonds. The first-order chi connectivity index (χ1) is 8.13. The van der Waals surface area contributed by atoms with Crippen LogP contribution >= 0.6 is 11.6 Å². The van der Waals surface area contributed by atoms with Gasteiger partial charge in [0.2, 0.25) is 0 Å². The molecular weight excluding hydrogens is 238 g/mol. The van der Waals surface area contributed by atoms with Crippen molar-refractivity contribution < 1.29 is 9.84 Å². The molecule has 0 fully saturated rings. The maximum atomic E-state index is 9.83. The Morgan fingerprint density at radius 1 is 1.47 bits per heavy atom. The van der Waals surface area contributed by atoms with Crippen molar-refractivity contribution in [1.82, 2.24) is 5.32 Å². The fourth-order valence-electron chi connectivity index (χ4n) is 1.59. The van der Waals surface area contributed by atoms with E-state index in [-0.39, 0.29) is 0 Å². The van der Waals surface area contributed by atoms with E-state index < -0.39 is 6.10 Å². The van der Waals surface area contributed by atoms with Gasteiger partial charge >= 0.3 is 0 Å². The summed E-state index contributed by atoms with van der Waals surface area (Å²) in [4.78, 5) is 0. The normalized spacial score (nSPS) is 12.7. The number of ether oxygens (including phenoxy) is 1. The summed E-state index contributed by atoms with van der Waals surface area (Å²) in [6.45, 7) is 3.94. The molecule has 0 saturated carbocycles. The number of hydrogen-bond donors (Lipinski definition) is 2. The van der Waals surface area contributed by atoms with Gasteiger partial charge in [-0.15, -0.1) is 0 Å². The van der Waals surface area contributed by atoms with Crippen LogP contribution < -0.4 is 5.32 Å². The standard InChI is InChI=1S/C13H20ClNO2/c1-10-3-4-11(13(14)7-10)8-12(16)9-15-5-6-17-2/h3-4,7,12,15-16H,5-6,8-9H2,1-2H3. The second-order valence-electron chi connectivity index (χ2n) is 4.15. The first kappa shape index (κ1) is 14.5. The maximum absolute atomic E-state index is 9.83. The molecule has 0 aromatic heterocycles. The summed E-state index contributed by atoms with van der Waals surface area (Å²) >= 11 is 6.11. The zero-order valence-corrected chi connectivity index (χ0v) is 11.1. The molecule has 1 atom stereocenters. The minimum atomic E-state index is -0.424.